The second-order valence-electron chi connectivity index (χ2n) is 10.2. The van der Waals surface area contributed by atoms with Crippen molar-refractivity contribution in [3.63, 3.8) is 0 Å². The maximum atomic E-state index is 4.95. The molecule has 1 heteroatoms. The average Bonchev–Trinajstić information content (AvgIpc) is 2.94. The van der Waals surface area contributed by atoms with E-state index in [1.165, 1.54) is 76.6 Å². The highest BCUT2D eigenvalue weighted by atomic mass is 14.6. The summed E-state index contributed by atoms with van der Waals surface area (Å²) in [7, 11) is 0. The van der Waals surface area contributed by atoms with Gasteiger partial charge in [-0.2, -0.15) is 0 Å². The molecule has 176 valence electrons. The highest BCUT2D eigenvalue weighted by molar-refractivity contribution is 6.27. The molecule has 6 aromatic carbocycles. The minimum Gasteiger partial charge on any atom is -0.256 e. The first-order chi connectivity index (χ1) is 18.1. The van der Waals surface area contributed by atoms with Crippen molar-refractivity contribution in [2.75, 3.05) is 0 Å². The van der Waals surface area contributed by atoms with E-state index in [0.717, 1.165) is 5.52 Å². The summed E-state index contributed by atoms with van der Waals surface area (Å²) in [5.74, 6) is 0. The van der Waals surface area contributed by atoms with Crippen molar-refractivity contribution >= 4 is 43.2 Å². The van der Waals surface area contributed by atoms with E-state index in [4.69, 9.17) is 4.98 Å². The SMILES string of the molecule is Cc1cc(-c2c3ccccc3c(-c3ccc4ccccc4c3)c3c2cnc2ccccc23)cc(C)c1C. The maximum Gasteiger partial charge on any atom is 0.0708 e. The van der Waals surface area contributed by atoms with Gasteiger partial charge in [-0.3, -0.25) is 4.98 Å². The Labute approximate surface area is 217 Å². The quantitative estimate of drug-likeness (QED) is 0.180. The predicted molar refractivity (Wildman–Crippen MR) is 159 cm³/mol. The number of rotatable bonds is 2. The minimum absolute atomic E-state index is 1.02. The van der Waals surface area contributed by atoms with Gasteiger partial charge in [0.25, 0.3) is 0 Å². The summed E-state index contributed by atoms with van der Waals surface area (Å²) >= 11 is 0. The first-order valence-corrected chi connectivity index (χ1v) is 12.9. The predicted octanol–water partition coefficient (Wildman–Crippen LogP) is 9.95. The molecule has 0 saturated carbocycles. The summed E-state index contributed by atoms with van der Waals surface area (Å²) in [6, 6.07) is 37.6. The van der Waals surface area contributed by atoms with Crippen LogP contribution in [-0.2, 0) is 0 Å². The number of para-hydroxylation sites is 1. The van der Waals surface area contributed by atoms with Gasteiger partial charge in [0, 0.05) is 22.4 Å². The smallest absolute Gasteiger partial charge is 0.0708 e. The van der Waals surface area contributed by atoms with Crippen molar-refractivity contribution in [1.82, 2.24) is 4.98 Å². The Bertz CT molecular complexity index is 1990. The molecule has 0 aliphatic carbocycles. The molecule has 0 N–H and O–H groups in total. The van der Waals surface area contributed by atoms with Crippen LogP contribution in [-0.4, -0.2) is 4.98 Å². The largest absolute Gasteiger partial charge is 0.256 e. The van der Waals surface area contributed by atoms with E-state index in [1.54, 1.807) is 0 Å². The number of fused-ring (bicyclic) bond motifs is 5. The summed E-state index contributed by atoms with van der Waals surface area (Å²) in [6.45, 7) is 6.64. The molecule has 0 radical (unpaired) electrons. The molecule has 0 fully saturated rings. The highest BCUT2D eigenvalue weighted by Gasteiger charge is 2.20. The molecule has 1 aromatic heterocycles. The van der Waals surface area contributed by atoms with Gasteiger partial charge < -0.3 is 0 Å². The molecular formula is C36H27N. The average molecular weight is 474 g/mol. The Balaban J connectivity index is 1.72. The maximum absolute atomic E-state index is 4.95. The zero-order valence-electron chi connectivity index (χ0n) is 21.3. The number of benzene rings is 6. The summed E-state index contributed by atoms with van der Waals surface area (Å²) in [5.41, 5.74) is 10.0. The Morgan fingerprint density at radius 2 is 1.11 bits per heavy atom. The van der Waals surface area contributed by atoms with E-state index in [1.807, 2.05) is 0 Å². The molecule has 0 spiro atoms. The molecule has 0 bridgehead atoms. The van der Waals surface area contributed by atoms with Gasteiger partial charge in [-0.25, -0.2) is 0 Å². The van der Waals surface area contributed by atoms with Gasteiger partial charge in [0.15, 0.2) is 0 Å². The van der Waals surface area contributed by atoms with Crippen molar-refractivity contribution in [1.29, 1.82) is 0 Å². The van der Waals surface area contributed by atoms with Gasteiger partial charge in [-0.15, -0.1) is 0 Å². The molecule has 0 aliphatic rings. The van der Waals surface area contributed by atoms with Crippen LogP contribution in [0.3, 0.4) is 0 Å². The van der Waals surface area contributed by atoms with E-state index < -0.39 is 0 Å². The van der Waals surface area contributed by atoms with Crippen LogP contribution in [0.2, 0.25) is 0 Å². The van der Waals surface area contributed by atoms with E-state index in [0.29, 0.717) is 0 Å². The van der Waals surface area contributed by atoms with Crippen molar-refractivity contribution in [3.05, 3.63) is 126 Å². The van der Waals surface area contributed by atoms with Gasteiger partial charge in [0.05, 0.1) is 5.52 Å². The molecule has 7 rings (SSSR count). The number of aryl methyl sites for hydroxylation is 2. The molecule has 0 unspecified atom stereocenters. The number of pyridine rings is 1. The van der Waals surface area contributed by atoms with Gasteiger partial charge >= 0.3 is 0 Å². The van der Waals surface area contributed by atoms with Crippen LogP contribution < -0.4 is 0 Å². The second-order valence-corrected chi connectivity index (χ2v) is 10.2. The molecule has 7 aromatic rings. The van der Waals surface area contributed by atoms with Crippen molar-refractivity contribution in [2.24, 2.45) is 0 Å². The zero-order valence-corrected chi connectivity index (χ0v) is 21.3. The third-order valence-corrected chi connectivity index (χ3v) is 8.01. The summed E-state index contributed by atoms with van der Waals surface area (Å²) in [4.78, 5) is 4.95. The first kappa shape index (κ1) is 21.8. The molecule has 0 atom stereocenters. The normalized spacial score (nSPS) is 11.6. The lowest BCUT2D eigenvalue weighted by Gasteiger charge is -2.20. The summed E-state index contributed by atoms with van der Waals surface area (Å²) in [6.07, 6.45) is 2.09. The van der Waals surface area contributed by atoms with E-state index in [9.17, 15) is 0 Å². The monoisotopic (exact) mass is 473 g/mol. The fourth-order valence-electron chi connectivity index (χ4n) is 5.93. The Hall–Kier alpha value is -4.49. The topological polar surface area (TPSA) is 12.9 Å². The number of nitrogens with zero attached hydrogens (tertiary/aromatic N) is 1. The standard InChI is InChI=1S/C36H27N/c1-22-18-28(19-23(2)24(22)3)34-29-12-6-7-13-30(29)35(27-17-16-25-10-4-5-11-26(25)20-27)36-31-14-8-9-15-33(31)37-21-32(34)36/h4-21H,1-3H3. The fourth-order valence-corrected chi connectivity index (χ4v) is 5.93. The summed E-state index contributed by atoms with van der Waals surface area (Å²) < 4.78 is 0. The van der Waals surface area contributed by atoms with Crippen LogP contribution in [0, 0.1) is 20.8 Å². The van der Waals surface area contributed by atoms with Crippen molar-refractivity contribution < 1.29 is 0 Å². The number of hydrogen-bond donors (Lipinski definition) is 0. The lowest BCUT2D eigenvalue weighted by Crippen LogP contribution is -1.95. The lowest BCUT2D eigenvalue weighted by atomic mass is 9.84. The van der Waals surface area contributed by atoms with Crippen LogP contribution in [0.4, 0.5) is 0 Å². The van der Waals surface area contributed by atoms with Crippen LogP contribution >= 0.6 is 0 Å². The van der Waals surface area contributed by atoms with Crippen LogP contribution in [0.15, 0.2) is 109 Å². The molecule has 1 heterocycles. The third kappa shape index (κ3) is 3.35. The van der Waals surface area contributed by atoms with E-state index in [2.05, 4.69) is 130 Å². The minimum atomic E-state index is 1.02. The van der Waals surface area contributed by atoms with Gasteiger partial charge in [0.2, 0.25) is 0 Å². The molecule has 0 amide bonds. The first-order valence-electron chi connectivity index (χ1n) is 12.9. The second kappa shape index (κ2) is 8.28. The Kier molecular flexibility index (Phi) is 4.87. The Morgan fingerprint density at radius 1 is 0.486 bits per heavy atom. The number of aromatic nitrogens is 1. The molecule has 0 saturated heterocycles. The summed E-state index contributed by atoms with van der Waals surface area (Å²) in [5, 5.41) is 8.70. The van der Waals surface area contributed by atoms with E-state index in [-0.39, 0.29) is 0 Å². The molecule has 37 heavy (non-hydrogen) atoms. The zero-order chi connectivity index (χ0) is 25.1. The molecule has 0 aliphatic heterocycles. The van der Waals surface area contributed by atoms with Gasteiger partial charge in [0.1, 0.15) is 0 Å². The fraction of sp³-hybridized carbons (Fsp3) is 0.0833. The Morgan fingerprint density at radius 3 is 1.86 bits per heavy atom. The van der Waals surface area contributed by atoms with E-state index >= 15 is 0 Å². The van der Waals surface area contributed by atoms with Gasteiger partial charge in [-0.1, -0.05) is 91.0 Å². The van der Waals surface area contributed by atoms with Crippen molar-refractivity contribution in [3.8, 4) is 22.3 Å². The third-order valence-electron chi connectivity index (χ3n) is 8.01. The van der Waals surface area contributed by atoms with Crippen LogP contribution in [0.5, 0.6) is 0 Å². The van der Waals surface area contributed by atoms with Crippen LogP contribution in [0.1, 0.15) is 16.7 Å². The van der Waals surface area contributed by atoms with Crippen LogP contribution in [0.25, 0.3) is 65.5 Å². The molecule has 1 nitrogen and oxygen atoms in total. The van der Waals surface area contributed by atoms with Gasteiger partial charge in [-0.05, 0) is 93.4 Å². The number of hydrogen-bond acceptors (Lipinski definition) is 1. The highest BCUT2D eigenvalue weighted by Crippen LogP contribution is 2.46. The molecular weight excluding hydrogens is 446 g/mol. The van der Waals surface area contributed by atoms with Crippen molar-refractivity contribution in [2.45, 2.75) is 20.8 Å². The lowest BCUT2D eigenvalue weighted by molar-refractivity contribution is 1.27.